The molecule has 0 aromatic heterocycles. The zero-order valence-electron chi connectivity index (χ0n) is 21.4. The Morgan fingerprint density at radius 2 is 1.48 bits per heavy atom. The van der Waals surface area contributed by atoms with Crippen molar-refractivity contribution >= 4 is 0 Å². The average Bonchev–Trinajstić information content (AvgIpc) is 3.07. The van der Waals surface area contributed by atoms with Gasteiger partial charge in [0, 0.05) is 0 Å². The van der Waals surface area contributed by atoms with E-state index in [0.29, 0.717) is 17.3 Å². The molecule has 0 aromatic carbocycles. The number of aliphatic hydroxyl groups excluding tert-OH is 2. The van der Waals surface area contributed by atoms with Crippen LogP contribution in [-0.2, 0) is 0 Å². The number of rotatable bonds is 6. The third-order valence-electron chi connectivity index (χ3n) is 11.9. The molecule has 0 radical (unpaired) electrons. The number of hydrogen-bond acceptors (Lipinski definition) is 2. The van der Waals surface area contributed by atoms with Crippen molar-refractivity contribution in [3.05, 3.63) is 0 Å². The fourth-order valence-electron chi connectivity index (χ4n) is 9.94. The average molecular weight is 433 g/mol. The van der Waals surface area contributed by atoms with Gasteiger partial charge in [-0.05, 0) is 116 Å². The number of hydrogen-bond donors (Lipinski definition) is 2. The Morgan fingerprint density at radius 3 is 2.16 bits per heavy atom. The zero-order valence-corrected chi connectivity index (χ0v) is 21.4. The normalized spacial score (nSPS) is 49.3. The molecule has 0 aromatic rings. The highest BCUT2D eigenvalue weighted by molar-refractivity contribution is 5.11. The van der Waals surface area contributed by atoms with E-state index in [1.807, 2.05) is 0 Å². The zero-order chi connectivity index (χ0) is 22.6. The summed E-state index contributed by atoms with van der Waals surface area (Å²) in [4.78, 5) is 0. The highest BCUT2D eigenvalue weighted by atomic mass is 16.3. The summed E-state index contributed by atoms with van der Waals surface area (Å²) in [7, 11) is 0. The Balaban J connectivity index is 1.48. The van der Waals surface area contributed by atoms with Gasteiger partial charge in [-0.3, -0.25) is 0 Å². The second-order valence-electron chi connectivity index (χ2n) is 13.4. The van der Waals surface area contributed by atoms with Crippen molar-refractivity contribution in [1.82, 2.24) is 0 Å². The summed E-state index contributed by atoms with van der Waals surface area (Å²) < 4.78 is 0. The molecule has 4 fully saturated rings. The van der Waals surface area contributed by atoms with Gasteiger partial charge in [-0.25, -0.2) is 0 Å². The fourth-order valence-corrected chi connectivity index (χ4v) is 9.94. The van der Waals surface area contributed by atoms with Gasteiger partial charge in [0.15, 0.2) is 0 Å². The number of fused-ring (bicyclic) bond motifs is 5. The molecule has 4 saturated carbocycles. The van der Waals surface area contributed by atoms with Crippen LogP contribution >= 0.6 is 0 Å². The predicted molar refractivity (Wildman–Crippen MR) is 130 cm³/mol. The van der Waals surface area contributed by atoms with Crippen LogP contribution in [0.5, 0.6) is 0 Å². The summed E-state index contributed by atoms with van der Waals surface area (Å²) in [6.07, 6.45) is 13.2. The first kappa shape index (κ1) is 24.1. The van der Waals surface area contributed by atoms with Crippen molar-refractivity contribution in [3.63, 3.8) is 0 Å². The molecule has 2 N–H and O–H groups in total. The van der Waals surface area contributed by atoms with E-state index >= 15 is 0 Å². The van der Waals surface area contributed by atoms with Crippen LogP contribution in [0.2, 0.25) is 0 Å². The molecule has 0 amide bonds. The Kier molecular flexibility index (Phi) is 6.93. The Morgan fingerprint density at radius 1 is 0.806 bits per heavy atom. The van der Waals surface area contributed by atoms with Crippen LogP contribution in [0.25, 0.3) is 0 Å². The largest absolute Gasteiger partial charge is 0.393 e. The van der Waals surface area contributed by atoms with Crippen LogP contribution < -0.4 is 0 Å². The minimum atomic E-state index is -0.198. The van der Waals surface area contributed by atoms with Crippen molar-refractivity contribution in [3.8, 4) is 0 Å². The first-order valence-corrected chi connectivity index (χ1v) is 14.0. The summed E-state index contributed by atoms with van der Waals surface area (Å²) in [5, 5.41) is 21.5. The van der Waals surface area contributed by atoms with Crippen LogP contribution in [0.1, 0.15) is 112 Å². The van der Waals surface area contributed by atoms with Crippen molar-refractivity contribution in [2.24, 2.45) is 58.2 Å². The Hall–Kier alpha value is -0.0800. The Bertz CT molecular complexity index is 616. The third kappa shape index (κ3) is 4.05. The van der Waals surface area contributed by atoms with Crippen molar-refractivity contribution in [1.29, 1.82) is 0 Å². The molecule has 180 valence electrons. The van der Waals surface area contributed by atoms with Crippen molar-refractivity contribution in [2.45, 2.75) is 124 Å². The summed E-state index contributed by atoms with van der Waals surface area (Å²) >= 11 is 0. The minimum Gasteiger partial charge on any atom is -0.393 e. The topological polar surface area (TPSA) is 40.5 Å². The highest BCUT2D eigenvalue weighted by Crippen LogP contribution is 2.68. The lowest BCUT2D eigenvalue weighted by Crippen LogP contribution is -2.58. The lowest BCUT2D eigenvalue weighted by molar-refractivity contribution is -0.172. The van der Waals surface area contributed by atoms with Crippen LogP contribution in [0.4, 0.5) is 0 Å². The minimum absolute atomic E-state index is 0.187. The van der Waals surface area contributed by atoms with Crippen LogP contribution in [0, 0.1) is 58.2 Å². The molecule has 0 bridgehead atoms. The molecule has 11 atom stereocenters. The molecule has 0 saturated heterocycles. The van der Waals surface area contributed by atoms with Gasteiger partial charge in [0.2, 0.25) is 0 Å². The third-order valence-corrected chi connectivity index (χ3v) is 11.9. The van der Waals surface area contributed by atoms with Crippen molar-refractivity contribution < 1.29 is 10.2 Å². The van der Waals surface area contributed by atoms with E-state index in [4.69, 9.17) is 0 Å². The summed E-state index contributed by atoms with van der Waals surface area (Å²) in [5.41, 5.74) is 0.732. The van der Waals surface area contributed by atoms with Gasteiger partial charge in [0.25, 0.3) is 0 Å². The highest BCUT2D eigenvalue weighted by Gasteiger charge is 2.62. The summed E-state index contributed by atoms with van der Waals surface area (Å²) in [6.45, 7) is 14.9. The van der Waals surface area contributed by atoms with Gasteiger partial charge >= 0.3 is 0 Å². The molecular weight excluding hydrogens is 380 g/mol. The van der Waals surface area contributed by atoms with Gasteiger partial charge in [-0.2, -0.15) is 0 Å². The fraction of sp³-hybridized carbons (Fsp3) is 1.00. The van der Waals surface area contributed by atoms with E-state index in [1.54, 1.807) is 0 Å². The van der Waals surface area contributed by atoms with Gasteiger partial charge in [0.1, 0.15) is 0 Å². The van der Waals surface area contributed by atoms with E-state index < -0.39 is 0 Å². The van der Waals surface area contributed by atoms with Crippen LogP contribution in [0.15, 0.2) is 0 Å². The standard InChI is InChI=1S/C29H52O2/c1-7-20(18(2)3)9-8-19(4)23-10-11-24-22-17-27(31)26-16-21(30)12-14-29(26,6)25(22)13-15-28(23,24)5/h18-27,30-31H,7-17H2,1-6H3/t19-,20+,21+,22+,23-,24+,25+,26-,27-,28-,29-/m1/s1. The maximum absolute atomic E-state index is 11.2. The number of aliphatic hydroxyl groups is 2. The SMILES string of the molecule is CC[C@@H](CC[C@@H](C)[C@H]1CC[C@H]2[C@@H]3C[C@@H](O)[C@H]4C[C@@H](O)CC[C@]4(C)[C@H]3CC[C@]12C)C(C)C. The van der Waals surface area contributed by atoms with E-state index in [-0.39, 0.29) is 17.6 Å². The van der Waals surface area contributed by atoms with Crippen LogP contribution in [0.3, 0.4) is 0 Å². The molecule has 4 aliphatic rings. The molecule has 0 heterocycles. The Labute approximate surface area is 193 Å². The van der Waals surface area contributed by atoms with E-state index in [9.17, 15) is 10.2 Å². The van der Waals surface area contributed by atoms with E-state index in [2.05, 4.69) is 41.5 Å². The molecule has 2 heteroatoms. The van der Waals surface area contributed by atoms with Crippen LogP contribution in [-0.4, -0.2) is 22.4 Å². The van der Waals surface area contributed by atoms with Crippen molar-refractivity contribution in [2.75, 3.05) is 0 Å². The van der Waals surface area contributed by atoms with Gasteiger partial charge < -0.3 is 10.2 Å². The molecule has 4 rings (SSSR count). The quantitative estimate of drug-likeness (QED) is 0.471. The van der Waals surface area contributed by atoms with Gasteiger partial charge in [-0.1, -0.05) is 54.4 Å². The van der Waals surface area contributed by atoms with Gasteiger partial charge in [0.05, 0.1) is 12.2 Å². The summed E-state index contributed by atoms with van der Waals surface area (Å²) in [6, 6.07) is 0. The molecule has 0 unspecified atom stereocenters. The molecule has 4 aliphatic carbocycles. The lowest BCUT2D eigenvalue weighted by atomic mass is 9.43. The monoisotopic (exact) mass is 432 g/mol. The molecule has 31 heavy (non-hydrogen) atoms. The summed E-state index contributed by atoms with van der Waals surface area (Å²) in [5.74, 6) is 6.01. The molecule has 0 spiro atoms. The second-order valence-corrected chi connectivity index (χ2v) is 13.4. The lowest BCUT2D eigenvalue weighted by Gasteiger charge is -2.62. The maximum Gasteiger partial charge on any atom is 0.0577 e. The predicted octanol–water partition coefficient (Wildman–Crippen LogP) is 7.08. The first-order chi connectivity index (χ1) is 14.6. The second kappa shape index (κ2) is 8.94. The molecule has 0 aliphatic heterocycles. The molecular formula is C29H52O2. The maximum atomic E-state index is 11.2. The first-order valence-electron chi connectivity index (χ1n) is 14.0. The van der Waals surface area contributed by atoms with E-state index in [1.165, 1.54) is 44.9 Å². The smallest absolute Gasteiger partial charge is 0.0577 e. The molecule has 2 nitrogen and oxygen atoms in total. The van der Waals surface area contributed by atoms with E-state index in [0.717, 1.165) is 61.2 Å². The van der Waals surface area contributed by atoms with Gasteiger partial charge in [-0.15, -0.1) is 0 Å².